The van der Waals surface area contributed by atoms with Gasteiger partial charge in [0.25, 0.3) is 0 Å². The third-order valence-corrected chi connectivity index (χ3v) is 7.45. The molecule has 2 aromatic carbocycles. The van der Waals surface area contributed by atoms with Gasteiger partial charge < -0.3 is 24.4 Å². The van der Waals surface area contributed by atoms with E-state index < -0.39 is 49.5 Å². The lowest BCUT2D eigenvalue weighted by atomic mass is 9.91. The normalized spacial score (nSPS) is 19.3. The van der Waals surface area contributed by atoms with E-state index in [-0.39, 0.29) is 53.6 Å². The average Bonchev–Trinajstić information content (AvgIpc) is 3.43. The highest BCUT2D eigenvalue weighted by Gasteiger charge is 2.42. The summed E-state index contributed by atoms with van der Waals surface area (Å²) >= 11 is 5.78. The number of carbonyl (C=O) groups excluding carboxylic acids is 3. The molecule has 9 nitrogen and oxygen atoms in total. The maximum atomic E-state index is 14.4. The first-order chi connectivity index (χ1) is 18.3. The van der Waals surface area contributed by atoms with E-state index in [0.29, 0.717) is 10.9 Å². The minimum atomic E-state index is -4.42. The molecule has 1 aliphatic carbocycles. The van der Waals surface area contributed by atoms with E-state index in [1.165, 1.54) is 48.0 Å². The number of hydrogen-bond donors (Lipinski definition) is 3. The largest absolute Gasteiger partial charge is 0.481 e. The summed E-state index contributed by atoms with van der Waals surface area (Å²) in [5.74, 6) is -3.70. The van der Waals surface area contributed by atoms with Crippen LogP contribution >= 0.6 is 19.2 Å². The zero-order valence-electron chi connectivity index (χ0n) is 20.8. The average molecular weight is 583 g/mol. The lowest BCUT2D eigenvalue weighted by Gasteiger charge is -2.19. The maximum Gasteiger partial charge on any atom is 0.362 e. The number of ether oxygens (including phenoxy) is 1. The molecule has 3 aromatic rings. The lowest BCUT2D eigenvalue weighted by molar-refractivity contribution is -0.132. The minimum Gasteiger partial charge on any atom is -0.481 e. The Balaban J connectivity index is 1.52. The van der Waals surface area contributed by atoms with Gasteiger partial charge in [0, 0.05) is 40.7 Å². The number of nitrogens with zero attached hydrogens (tertiary/aromatic N) is 1. The van der Waals surface area contributed by atoms with Gasteiger partial charge in [0.1, 0.15) is 17.7 Å². The van der Waals surface area contributed by atoms with Crippen LogP contribution in [0.3, 0.4) is 0 Å². The smallest absolute Gasteiger partial charge is 0.362 e. The van der Waals surface area contributed by atoms with Crippen LogP contribution in [0.2, 0.25) is 5.02 Å². The second-order valence-electron chi connectivity index (χ2n) is 9.52. The van der Waals surface area contributed by atoms with E-state index in [1.807, 2.05) is 0 Å². The minimum absolute atomic E-state index is 0.0937. The van der Waals surface area contributed by atoms with Crippen LogP contribution in [0, 0.1) is 17.7 Å². The number of alkyl halides is 1. The number of rotatable bonds is 10. The number of nitrogens with one attached hydrogen (secondary N) is 1. The van der Waals surface area contributed by atoms with E-state index in [4.69, 9.17) is 26.1 Å². The molecule has 1 amide bonds. The van der Waals surface area contributed by atoms with Crippen LogP contribution in [0.25, 0.3) is 10.9 Å². The third kappa shape index (κ3) is 6.73. The summed E-state index contributed by atoms with van der Waals surface area (Å²) in [6.45, 7) is 0.921. The molecular formula is C26H26ClF2N2O7P. The summed E-state index contributed by atoms with van der Waals surface area (Å²) in [5, 5.41) is 2.89. The molecule has 0 bridgehead atoms. The summed E-state index contributed by atoms with van der Waals surface area (Å²) in [5.41, 5.74) is 0.893. The highest BCUT2D eigenvalue weighted by Crippen LogP contribution is 2.37. The molecule has 0 aliphatic heterocycles. The first-order valence-electron chi connectivity index (χ1n) is 12.0. The molecule has 13 heteroatoms. The Morgan fingerprint density at radius 2 is 1.90 bits per heavy atom. The second kappa shape index (κ2) is 11.6. The Morgan fingerprint density at radius 3 is 2.59 bits per heavy atom. The van der Waals surface area contributed by atoms with E-state index in [0.717, 1.165) is 0 Å². The van der Waals surface area contributed by atoms with Crippen LogP contribution in [0.5, 0.6) is 5.75 Å². The second-order valence-corrected chi connectivity index (χ2v) is 11.5. The Bertz CT molecular complexity index is 1490. The van der Waals surface area contributed by atoms with Gasteiger partial charge in [0.15, 0.2) is 17.9 Å². The zero-order chi connectivity index (χ0) is 28.5. The van der Waals surface area contributed by atoms with E-state index >= 15 is 0 Å². The van der Waals surface area contributed by atoms with Gasteiger partial charge in [-0.3, -0.25) is 18.9 Å². The van der Waals surface area contributed by atoms with Gasteiger partial charge in [-0.1, -0.05) is 23.7 Å². The Labute approximate surface area is 227 Å². The topological polar surface area (TPSA) is 135 Å². The number of Topliss-reactive ketones (excluding diaryl/α,β-unsaturated/α-hetero) is 2. The summed E-state index contributed by atoms with van der Waals surface area (Å²) in [7, 11) is -4.42. The van der Waals surface area contributed by atoms with Crippen molar-refractivity contribution in [3.63, 3.8) is 0 Å². The lowest BCUT2D eigenvalue weighted by Crippen LogP contribution is -2.36. The van der Waals surface area contributed by atoms with Crippen molar-refractivity contribution in [2.24, 2.45) is 11.8 Å². The Kier molecular flexibility index (Phi) is 8.56. The number of hydrogen-bond acceptors (Lipinski definition) is 5. The molecule has 0 radical (unpaired) electrons. The van der Waals surface area contributed by atoms with Crippen LogP contribution in [0.15, 0.2) is 42.6 Å². The van der Waals surface area contributed by atoms with Crippen molar-refractivity contribution in [1.82, 2.24) is 9.88 Å². The van der Waals surface area contributed by atoms with E-state index in [2.05, 4.69) is 5.32 Å². The standard InChI is InChI=1S/C26H26ClF2N2O7P/c1-14(32)21-11-31(23-6-5-17(9-18(21)23)38-13-39(35,36)37)12-24(33)19-7-16(28)8-20(19)26(34)30-10-15-3-2-4-22(27)25(15)29/h2-6,9,11,16,19-20H,7-8,10,12-13H2,1H3,(H,30,34)(H2,35,36,37)/t16-,19?,20+/m0/s1. The molecule has 3 N–H and O–H groups in total. The van der Waals surface area contributed by atoms with Crippen molar-refractivity contribution in [1.29, 1.82) is 0 Å². The molecule has 1 saturated carbocycles. The summed E-state index contributed by atoms with van der Waals surface area (Å²) in [6, 6.07) is 8.81. The fourth-order valence-corrected chi connectivity index (χ4v) is 5.35. The first-order valence-corrected chi connectivity index (χ1v) is 14.2. The first kappa shape index (κ1) is 28.9. The van der Waals surface area contributed by atoms with Gasteiger partial charge >= 0.3 is 7.60 Å². The van der Waals surface area contributed by atoms with Crippen LogP contribution < -0.4 is 10.1 Å². The van der Waals surface area contributed by atoms with Crippen LogP contribution in [0.1, 0.15) is 35.7 Å². The zero-order valence-corrected chi connectivity index (χ0v) is 22.4. The van der Waals surface area contributed by atoms with Crippen molar-refractivity contribution in [3.05, 3.63) is 64.6 Å². The van der Waals surface area contributed by atoms with Crippen LogP contribution in [-0.2, 0) is 27.2 Å². The van der Waals surface area contributed by atoms with Gasteiger partial charge in [0.05, 0.1) is 17.5 Å². The molecule has 1 heterocycles. The predicted molar refractivity (Wildman–Crippen MR) is 139 cm³/mol. The molecule has 4 rings (SSSR count). The summed E-state index contributed by atoms with van der Waals surface area (Å²) < 4.78 is 46.4. The molecule has 39 heavy (non-hydrogen) atoms. The predicted octanol–water partition coefficient (Wildman–Crippen LogP) is 4.40. The Morgan fingerprint density at radius 1 is 1.18 bits per heavy atom. The van der Waals surface area contributed by atoms with Gasteiger partial charge in [-0.05, 0) is 44.0 Å². The number of benzene rings is 2. The van der Waals surface area contributed by atoms with Crippen molar-refractivity contribution in [3.8, 4) is 5.75 Å². The molecule has 1 fully saturated rings. The van der Waals surface area contributed by atoms with E-state index in [9.17, 15) is 27.7 Å². The number of fused-ring (bicyclic) bond motifs is 1. The number of carbonyl (C=O) groups is 3. The van der Waals surface area contributed by atoms with Gasteiger partial charge in [-0.15, -0.1) is 0 Å². The quantitative estimate of drug-likeness (QED) is 0.238. The van der Waals surface area contributed by atoms with Gasteiger partial charge in [-0.2, -0.15) is 0 Å². The SMILES string of the molecule is CC(=O)c1cn(CC(=O)C2C[C@H](F)C[C@H]2C(=O)NCc2cccc(Cl)c2F)c2ccc(OCP(=O)(O)O)cc12. The molecule has 0 saturated heterocycles. The highest BCUT2D eigenvalue weighted by molar-refractivity contribution is 7.51. The third-order valence-electron chi connectivity index (χ3n) is 6.70. The van der Waals surface area contributed by atoms with Crippen molar-refractivity contribution in [2.75, 3.05) is 6.35 Å². The number of aromatic nitrogens is 1. The maximum absolute atomic E-state index is 14.4. The molecule has 0 spiro atoms. The highest BCUT2D eigenvalue weighted by atomic mass is 35.5. The van der Waals surface area contributed by atoms with Gasteiger partial charge in [-0.25, -0.2) is 8.78 Å². The monoisotopic (exact) mass is 582 g/mol. The molecule has 3 atom stereocenters. The van der Waals surface area contributed by atoms with Crippen LogP contribution in [0.4, 0.5) is 8.78 Å². The molecular weight excluding hydrogens is 557 g/mol. The number of halogens is 3. The van der Waals surface area contributed by atoms with Crippen molar-refractivity contribution < 1.29 is 42.3 Å². The fourth-order valence-electron chi connectivity index (χ4n) is 4.84. The summed E-state index contributed by atoms with van der Waals surface area (Å²) in [6.07, 6.45) is -1.02. The molecule has 1 aromatic heterocycles. The number of ketones is 2. The van der Waals surface area contributed by atoms with Crippen molar-refractivity contribution >= 4 is 47.6 Å². The molecule has 1 aliphatic rings. The van der Waals surface area contributed by atoms with E-state index in [1.54, 1.807) is 6.07 Å². The molecule has 1 unspecified atom stereocenters. The van der Waals surface area contributed by atoms with Crippen molar-refractivity contribution in [2.45, 2.75) is 39.0 Å². The van der Waals surface area contributed by atoms with Gasteiger partial charge in [0.2, 0.25) is 5.91 Å². The van der Waals surface area contributed by atoms with Crippen LogP contribution in [-0.4, -0.2) is 44.3 Å². The Hall–Kier alpha value is -3.11. The fraction of sp³-hybridized carbons (Fsp3) is 0.346. The molecule has 208 valence electrons. The summed E-state index contributed by atoms with van der Waals surface area (Å²) in [4.78, 5) is 56.6. The number of amides is 1.